The third kappa shape index (κ3) is 6.71. The standard InChI is InChI=1S/C16H26N2O3/c1-4-13-7-5-6-8-15(13)18-16(20)9-12(2)17-10-14(19)11-21-3/h5-8,12,14,17,19H,4,9-11H2,1-3H3,(H,18,20). The van der Waals surface area contributed by atoms with Gasteiger partial charge < -0.3 is 20.5 Å². The lowest BCUT2D eigenvalue weighted by Gasteiger charge is -2.17. The van der Waals surface area contributed by atoms with Crippen molar-refractivity contribution >= 4 is 11.6 Å². The van der Waals surface area contributed by atoms with Crippen molar-refractivity contribution in [1.82, 2.24) is 5.32 Å². The van der Waals surface area contributed by atoms with Crippen LogP contribution in [-0.4, -0.2) is 43.4 Å². The molecule has 0 fully saturated rings. The van der Waals surface area contributed by atoms with Gasteiger partial charge in [-0.3, -0.25) is 4.79 Å². The van der Waals surface area contributed by atoms with Crippen molar-refractivity contribution in [3.05, 3.63) is 29.8 Å². The SMILES string of the molecule is CCc1ccccc1NC(=O)CC(C)NCC(O)COC. The van der Waals surface area contributed by atoms with Crippen LogP contribution in [-0.2, 0) is 16.0 Å². The molecule has 21 heavy (non-hydrogen) atoms. The van der Waals surface area contributed by atoms with Crippen molar-refractivity contribution in [2.75, 3.05) is 25.6 Å². The van der Waals surface area contributed by atoms with E-state index in [0.29, 0.717) is 13.0 Å². The van der Waals surface area contributed by atoms with Gasteiger partial charge in [0, 0.05) is 31.8 Å². The summed E-state index contributed by atoms with van der Waals surface area (Å²) in [7, 11) is 1.55. The Hall–Kier alpha value is -1.43. The number of ether oxygens (including phenoxy) is 1. The van der Waals surface area contributed by atoms with Crippen molar-refractivity contribution < 1.29 is 14.6 Å². The Labute approximate surface area is 126 Å². The zero-order valence-electron chi connectivity index (χ0n) is 13.1. The van der Waals surface area contributed by atoms with Crippen LogP contribution in [0.3, 0.4) is 0 Å². The van der Waals surface area contributed by atoms with E-state index in [2.05, 4.69) is 17.6 Å². The number of aryl methyl sites for hydroxylation is 1. The molecule has 0 spiro atoms. The number of carbonyl (C=O) groups is 1. The molecule has 0 aliphatic carbocycles. The fourth-order valence-electron chi connectivity index (χ4n) is 2.09. The molecule has 1 amide bonds. The van der Waals surface area contributed by atoms with Gasteiger partial charge >= 0.3 is 0 Å². The highest BCUT2D eigenvalue weighted by molar-refractivity contribution is 5.91. The number of benzene rings is 1. The van der Waals surface area contributed by atoms with E-state index in [4.69, 9.17) is 4.74 Å². The molecule has 118 valence electrons. The normalized spacial score (nSPS) is 13.7. The maximum absolute atomic E-state index is 12.0. The Kier molecular flexibility index (Phi) is 7.97. The van der Waals surface area contributed by atoms with E-state index < -0.39 is 6.10 Å². The molecule has 2 atom stereocenters. The number of nitrogens with one attached hydrogen (secondary N) is 2. The maximum Gasteiger partial charge on any atom is 0.225 e. The van der Waals surface area contributed by atoms with Crippen LogP contribution >= 0.6 is 0 Å². The van der Waals surface area contributed by atoms with Crippen LogP contribution in [0.1, 0.15) is 25.8 Å². The Balaban J connectivity index is 2.39. The Morgan fingerprint density at radius 2 is 2.10 bits per heavy atom. The van der Waals surface area contributed by atoms with Gasteiger partial charge in [0.05, 0.1) is 12.7 Å². The molecule has 0 heterocycles. The molecule has 0 bridgehead atoms. The molecule has 1 aromatic rings. The van der Waals surface area contributed by atoms with Gasteiger partial charge in [0.15, 0.2) is 0 Å². The minimum Gasteiger partial charge on any atom is -0.389 e. The summed E-state index contributed by atoms with van der Waals surface area (Å²) in [6.07, 6.45) is 0.687. The molecule has 5 heteroatoms. The number of amides is 1. The molecule has 0 saturated carbocycles. The van der Waals surface area contributed by atoms with Crippen LogP contribution in [0.15, 0.2) is 24.3 Å². The number of hydrogen-bond donors (Lipinski definition) is 3. The highest BCUT2D eigenvalue weighted by Crippen LogP contribution is 2.15. The van der Waals surface area contributed by atoms with E-state index in [1.54, 1.807) is 7.11 Å². The first-order chi connectivity index (χ1) is 10.1. The topological polar surface area (TPSA) is 70.6 Å². The zero-order valence-corrected chi connectivity index (χ0v) is 13.1. The predicted molar refractivity (Wildman–Crippen MR) is 84.4 cm³/mol. The number of aliphatic hydroxyl groups excluding tert-OH is 1. The van der Waals surface area contributed by atoms with Crippen LogP contribution in [0.25, 0.3) is 0 Å². The molecule has 0 aromatic heterocycles. The first-order valence-corrected chi connectivity index (χ1v) is 7.35. The van der Waals surface area contributed by atoms with E-state index in [0.717, 1.165) is 17.7 Å². The zero-order chi connectivity index (χ0) is 15.7. The lowest BCUT2D eigenvalue weighted by atomic mass is 10.1. The van der Waals surface area contributed by atoms with E-state index in [1.165, 1.54) is 0 Å². The van der Waals surface area contributed by atoms with Gasteiger partial charge in [-0.1, -0.05) is 25.1 Å². The minimum atomic E-state index is -0.554. The number of aliphatic hydroxyl groups is 1. The van der Waals surface area contributed by atoms with Crippen LogP contribution < -0.4 is 10.6 Å². The van der Waals surface area contributed by atoms with Crippen molar-refractivity contribution in [2.45, 2.75) is 38.8 Å². The van der Waals surface area contributed by atoms with Gasteiger partial charge in [-0.05, 0) is 25.0 Å². The molecule has 0 aliphatic rings. The van der Waals surface area contributed by atoms with Crippen LogP contribution in [0.4, 0.5) is 5.69 Å². The second kappa shape index (κ2) is 9.50. The molecule has 3 N–H and O–H groups in total. The fraction of sp³-hybridized carbons (Fsp3) is 0.562. The number of carbonyl (C=O) groups excluding carboxylic acids is 1. The second-order valence-electron chi connectivity index (χ2n) is 5.18. The molecular formula is C16H26N2O3. The largest absolute Gasteiger partial charge is 0.389 e. The lowest BCUT2D eigenvalue weighted by molar-refractivity contribution is -0.116. The van der Waals surface area contributed by atoms with E-state index in [-0.39, 0.29) is 18.6 Å². The summed E-state index contributed by atoms with van der Waals surface area (Å²) >= 11 is 0. The van der Waals surface area contributed by atoms with Crippen molar-refractivity contribution in [3.8, 4) is 0 Å². The van der Waals surface area contributed by atoms with Crippen LogP contribution in [0.2, 0.25) is 0 Å². The maximum atomic E-state index is 12.0. The molecule has 2 unspecified atom stereocenters. The number of methoxy groups -OCH3 is 1. The number of hydrogen-bond acceptors (Lipinski definition) is 4. The summed E-state index contributed by atoms with van der Waals surface area (Å²) in [5.41, 5.74) is 2.00. The van der Waals surface area contributed by atoms with E-state index in [1.807, 2.05) is 31.2 Å². The molecule has 1 rings (SSSR count). The smallest absolute Gasteiger partial charge is 0.225 e. The predicted octanol–water partition coefficient (Wildman–Crippen LogP) is 1.56. The van der Waals surface area contributed by atoms with Crippen molar-refractivity contribution in [1.29, 1.82) is 0 Å². The number of rotatable bonds is 9. The van der Waals surface area contributed by atoms with Gasteiger partial charge in [0.25, 0.3) is 0 Å². The Bertz CT molecular complexity index is 437. The van der Waals surface area contributed by atoms with Crippen molar-refractivity contribution in [3.63, 3.8) is 0 Å². The Morgan fingerprint density at radius 3 is 2.76 bits per heavy atom. The highest BCUT2D eigenvalue weighted by Gasteiger charge is 2.12. The summed E-state index contributed by atoms with van der Waals surface area (Å²) in [5, 5.41) is 15.6. The molecular weight excluding hydrogens is 268 g/mol. The van der Waals surface area contributed by atoms with Gasteiger partial charge in [-0.15, -0.1) is 0 Å². The van der Waals surface area contributed by atoms with E-state index in [9.17, 15) is 9.90 Å². The summed E-state index contributed by atoms with van der Waals surface area (Å²) < 4.78 is 4.85. The van der Waals surface area contributed by atoms with Gasteiger partial charge in [0.2, 0.25) is 5.91 Å². The molecule has 1 aromatic carbocycles. The average molecular weight is 294 g/mol. The van der Waals surface area contributed by atoms with Gasteiger partial charge in [0.1, 0.15) is 0 Å². The average Bonchev–Trinajstić information content (AvgIpc) is 2.46. The minimum absolute atomic E-state index is 0.00899. The first kappa shape index (κ1) is 17.6. The quantitative estimate of drug-likeness (QED) is 0.646. The summed E-state index contributed by atoms with van der Waals surface area (Å²) in [6, 6.07) is 7.80. The third-order valence-corrected chi connectivity index (χ3v) is 3.22. The molecule has 0 aliphatic heterocycles. The summed E-state index contributed by atoms with van der Waals surface area (Å²) in [5.74, 6) is -0.0304. The van der Waals surface area contributed by atoms with Crippen LogP contribution in [0, 0.1) is 0 Å². The first-order valence-electron chi connectivity index (χ1n) is 7.35. The number of anilines is 1. The second-order valence-corrected chi connectivity index (χ2v) is 5.18. The summed E-state index contributed by atoms with van der Waals surface area (Å²) in [6.45, 7) is 4.68. The molecule has 0 radical (unpaired) electrons. The molecule has 0 saturated heterocycles. The third-order valence-electron chi connectivity index (χ3n) is 3.22. The highest BCUT2D eigenvalue weighted by atomic mass is 16.5. The lowest BCUT2D eigenvalue weighted by Crippen LogP contribution is -2.37. The molecule has 5 nitrogen and oxygen atoms in total. The Morgan fingerprint density at radius 1 is 1.38 bits per heavy atom. The van der Waals surface area contributed by atoms with Gasteiger partial charge in [-0.25, -0.2) is 0 Å². The number of para-hydroxylation sites is 1. The van der Waals surface area contributed by atoms with Gasteiger partial charge in [-0.2, -0.15) is 0 Å². The monoisotopic (exact) mass is 294 g/mol. The fourth-order valence-corrected chi connectivity index (χ4v) is 2.09. The van der Waals surface area contributed by atoms with Crippen LogP contribution in [0.5, 0.6) is 0 Å². The van der Waals surface area contributed by atoms with Crippen molar-refractivity contribution in [2.24, 2.45) is 0 Å². The summed E-state index contributed by atoms with van der Waals surface area (Å²) in [4.78, 5) is 12.0. The van der Waals surface area contributed by atoms with E-state index >= 15 is 0 Å².